The molecule has 2 rings (SSSR count). The van der Waals surface area contributed by atoms with Crippen LogP contribution in [0.3, 0.4) is 0 Å². The molecular formula is C9H4ClN3O2. The van der Waals surface area contributed by atoms with E-state index in [0.717, 1.165) is 0 Å². The molecule has 0 N–H and O–H groups in total. The Morgan fingerprint density at radius 1 is 1.27 bits per heavy atom. The molecule has 74 valence electrons. The summed E-state index contributed by atoms with van der Waals surface area (Å²) in [5, 5.41) is 7.84. The number of aromatic nitrogens is 2. The Hall–Kier alpha value is -1.97. The maximum atomic E-state index is 9.93. The monoisotopic (exact) mass is 221 g/mol. The number of benzene rings is 1. The summed E-state index contributed by atoms with van der Waals surface area (Å²) >= 11 is 5.72. The van der Waals surface area contributed by atoms with Gasteiger partial charge < -0.3 is 4.42 Å². The lowest BCUT2D eigenvalue weighted by atomic mass is 10.2. The molecule has 0 saturated carbocycles. The van der Waals surface area contributed by atoms with Crippen LogP contribution in [0.25, 0.3) is 11.5 Å². The fourth-order valence-electron chi connectivity index (χ4n) is 1.01. The van der Waals surface area contributed by atoms with Crippen molar-refractivity contribution < 1.29 is 9.21 Å². The molecule has 0 atom stereocenters. The molecule has 0 unspecified atom stereocenters. The van der Waals surface area contributed by atoms with E-state index in [4.69, 9.17) is 16.0 Å². The average Bonchev–Trinajstić information content (AvgIpc) is 2.68. The predicted molar refractivity (Wildman–Crippen MR) is 52.5 cm³/mol. The van der Waals surface area contributed by atoms with Crippen LogP contribution in [0.4, 0.5) is 6.01 Å². The van der Waals surface area contributed by atoms with Crippen LogP contribution in [0, 0.1) is 0 Å². The second kappa shape index (κ2) is 4.04. The van der Waals surface area contributed by atoms with Crippen molar-refractivity contribution in [3.8, 4) is 11.5 Å². The third kappa shape index (κ3) is 2.10. The smallest absolute Gasteiger partial charge is 0.353 e. The van der Waals surface area contributed by atoms with Crippen LogP contribution < -0.4 is 0 Å². The Labute approximate surface area is 89.4 Å². The van der Waals surface area contributed by atoms with Gasteiger partial charge >= 0.3 is 6.01 Å². The second-order valence-electron chi connectivity index (χ2n) is 2.60. The molecule has 0 amide bonds. The van der Waals surface area contributed by atoms with Gasteiger partial charge in [-0.05, 0) is 24.3 Å². The van der Waals surface area contributed by atoms with Gasteiger partial charge in [0.15, 0.2) is 0 Å². The Morgan fingerprint density at radius 3 is 2.67 bits per heavy atom. The molecular weight excluding hydrogens is 218 g/mol. The molecule has 0 aliphatic carbocycles. The summed E-state index contributed by atoms with van der Waals surface area (Å²) in [6.45, 7) is 0. The molecule has 0 saturated heterocycles. The number of hydrogen-bond acceptors (Lipinski definition) is 5. The molecule has 0 bridgehead atoms. The number of rotatable bonds is 2. The number of nitrogens with zero attached hydrogens (tertiary/aromatic N) is 3. The normalized spacial score (nSPS) is 9.67. The molecule has 5 nitrogen and oxygen atoms in total. The Bertz CT molecular complexity index is 514. The molecule has 1 aromatic heterocycles. The zero-order valence-corrected chi connectivity index (χ0v) is 8.10. The van der Waals surface area contributed by atoms with Crippen LogP contribution in [0.2, 0.25) is 5.02 Å². The van der Waals surface area contributed by atoms with Gasteiger partial charge in [-0.15, -0.1) is 10.1 Å². The van der Waals surface area contributed by atoms with Crippen LogP contribution in [0.15, 0.2) is 33.7 Å². The van der Waals surface area contributed by atoms with Crippen molar-refractivity contribution in [3.05, 3.63) is 29.3 Å². The fraction of sp³-hybridized carbons (Fsp3) is 0. The first-order valence-corrected chi connectivity index (χ1v) is 4.35. The second-order valence-corrected chi connectivity index (χ2v) is 3.04. The molecule has 15 heavy (non-hydrogen) atoms. The SMILES string of the molecule is O=C=Nc1nnc(-c2ccc(Cl)cc2)o1. The van der Waals surface area contributed by atoms with Crippen molar-refractivity contribution in [3.63, 3.8) is 0 Å². The van der Waals surface area contributed by atoms with Crippen LogP contribution in [-0.2, 0) is 4.79 Å². The van der Waals surface area contributed by atoms with Gasteiger partial charge in [0, 0.05) is 10.6 Å². The molecule has 1 aromatic carbocycles. The first-order valence-electron chi connectivity index (χ1n) is 3.97. The number of carbonyl (C=O) groups excluding carboxylic acids is 1. The van der Waals surface area contributed by atoms with Crippen molar-refractivity contribution >= 4 is 23.7 Å². The lowest BCUT2D eigenvalue weighted by Gasteiger charge is -1.92. The number of isocyanates is 1. The molecule has 0 radical (unpaired) electrons. The Morgan fingerprint density at radius 2 is 2.00 bits per heavy atom. The summed E-state index contributed by atoms with van der Waals surface area (Å²) in [5.74, 6) is 0.278. The lowest BCUT2D eigenvalue weighted by molar-refractivity contribution is 0.555. The first-order chi connectivity index (χ1) is 7.29. The van der Waals surface area contributed by atoms with E-state index in [1.807, 2.05) is 0 Å². The summed E-state index contributed by atoms with van der Waals surface area (Å²) in [4.78, 5) is 13.1. The Kier molecular flexibility index (Phi) is 2.58. The highest BCUT2D eigenvalue weighted by Gasteiger charge is 2.06. The molecule has 0 fully saturated rings. The van der Waals surface area contributed by atoms with Gasteiger partial charge in [-0.25, -0.2) is 4.79 Å². The third-order valence-electron chi connectivity index (χ3n) is 1.65. The van der Waals surface area contributed by atoms with E-state index in [2.05, 4.69) is 15.2 Å². The topological polar surface area (TPSA) is 68.3 Å². The minimum absolute atomic E-state index is 0.116. The summed E-state index contributed by atoms with van der Waals surface area (Å²) in [6, 6.07) is 6.73. The summed E-state index contributed by atoms with van der Waals surface area (Å²) in [7, 11) is 0. The Balaban J connectivity index is 2.37. The van der Waals surface area contributed by atoms with Crippen LogP contribution in [0.5, 0.6) is 0 Å². The van der Waals surface area contributed by atoms with Crippen molar-refractivity contribution in [1.82, 2.24) is 10.2 Å². The van der Waals surface area contributed by atoms with Crippen molar-refractivity contribution in [2.75, 3.05) is 0 Å². The zero-order chi connectivity index (χ0) is 10.7. The number of aliphatic imine (C=N–C) groups is 1. The van der Waals surface area contributed by atoms with Gasteiger partial charge in [0.2, 0.25) is 12.0 Å². The average molecular weight is 222 g/mol. The van der Waals surface area contributed by atoms with E-state index < -0.39 is 0 Å². The van der Waals surface area contributed by atoms with E-state index in [1.165, 1.54) is 6.08 Å². The van der Waals surface area contributed by atoms with E-state index in [9.17, 15) is 4.79 Å². The van der Waals surface area contributed by atoms with Crippen LogP contribution >= 0.6 is 11.6 Å². The lowest BCUT2D eigenvalue weighted by Crippen LogP contribution is -1.76. The molecule has 6 heteroatoms. The minimum Gasteiger partial charge on any atom is -0.401 e. The van der Waals surface area contributed by atoms with Gasteiger partial charge in [-0.2, -0.15) is 0 Å². The van der Waals surface area contributed by atoms with Gasteiger partial charge in [0.25, 0.3) is 0 Å². The predicted octanol–water partition coefficient (Wildman–Crippen LogP) is 2.36. The fourth-order valence-corrected chi connectivity index (χ4v) is 1.13. The van der Waals surface area contributed by atoms with Gasteiger partial charge in [-0.1, -0.05) is 16.7 Å². The number of halogens is 1. The van der Waals surface area contributed by atoms with Gasteiger partial charge in [-0.3, -0.25) is 0 Å². The van der Waals surface area contributed by atoms with Crippen LogP contribution in [-0.4, -0.2) is 16.3 Å². The van der Waals surface area contributed by atoms with Gasteiger partial charge in [0.1, 0.15) is 0 Å². The standard InChI is InChI=1S/C9H4ClN3O2/c10-7-3-1-6(2-4-7)8-12-13-9(15-8)11-5-14/h1-4H. The highest BCUT2D eigenvalue weighted by Crippen LogP contribution is 2.22. The van der Waals surface area contributed by atoms with Crippen molar-refractivity contribution in [1.29, 1.82) is 0 Å². The first kappa shape index (κ1) is 9.58. The quantitative estimate of drug-likeness (QED) is 0.577. The van der Waals surface area contributed by atoms with Gasteiger partial charge in [0.05, 0.1) is 0 Å². The number of hydrogen-bond donors (Lipinski definition) is 0. The van der Waals surface area contributed by atoms with Crippen molar-refractivity contribution in [2.24, 2.45) is 4.99 Å². The highest BCUT2D eigenvalue weighted by atomic mass is 35.5. The molecule has 0 aliphatic rings. The summed E-state index contributed by atoms with van der Waals surface area (Å²) in [6.07, 6.45) is 1.32. The van der Waals surface area contributed by atoms with E-state index in [-0.39, 0.29) is 11.9 Å². The van der Waals surface area contributed by atoms with E-state index >= 15 is 0 Å². The maximum Gasteiger partial charge on any atom is 0.353 e. The molecule has 1 heterocycles. The summed E-state index contributed by atoms with van der Waals surface area (Å²) in [5.41, 5.74) is 0.708. The maximum absolute atomic E-state index is 9.93. The highest BCUT2D eigenvalue weighted by molar-refractivity contribution is 6.30. The largest absolute Gasteiger partial charge is 0.401 e. The minimum atomic E-state index is -0.116. The summed E-state index contributed by atoms with van der Waals surface area (Å²) < 4.78 is 5.06. The zero-order valence-electron chi connectivity index (χ0n) is 7.35. The molecule has 2 aromatic rings. The van der Waals surface area contributed by atoms with Crippen LogP contribution in [0.1, 0.15) is 0 Å². The van der Waals surface area contributed by atoms with E-state index in [1.54, 1.807) is 24.3 Å². The molecule has 0 aliphatic heterocycles. The van der Waals surface area contributed by atoms with Crippen molar-refractivity contribution in [2.45, 2.75) is 0 Å². The molecule has 0 spiro atoms. The van der Waals surface area contributed by atoms with E-state index in [0.29, 0.717) is 10.6 Å². The third-order valence-corrected chi connectivity index (χ3v) is 1.90.